The maximum atomic E-state index is 10.7. The third-order valence-electron chi connectivity index (χ3n) is 1.35. The van der Waals surface area contributed by atoms with Crippen LogP contribution in [0.1, 0.15) is 20.8 Å². The van der Waals surface area contributed by atoms with Crippen molar-refractivity contribution in [3.63, 3.8) is 0 Å². The maximum absolute atomic E-state index is 10.7. The van der Waals surface area contributed by atoms with Crippen molar-refractivity contribution >= 4 is 11.8 Å². The highest BCUT2D eigenvalue weighted by Gasteiger charge is 2.10. The molecule has 0 aliphatic carbocycles. The number of allylic oxidation sites excluding steroid dienone is 1. The summed E-state index contributed by atoms with van der Waals surface area (Å²) in [6.45, 7) is 9.59. The summed E-state index contributed by atoms with van der Waals surface area (Å²) < 4.78 is 5.41. The van der Waals surface area contributed by atoms with E-state index in [4.69, 9.17) is 10.5 Å². The van der Waals surface area contributed by atoms with Crippen LogP contribution in [0.15, 0.2) is 24.5 Å². The van der Waals surface area contributed by atoms with Crippen molar-refractivity contribution < 1.29 is 14.3 Å². The van der Waals surface area contributed by atoms with Crippen LogP contribution < -0.4 is 11.1 Å². The van der Waals surface area contributed by atoms with Gasteiger partial charge in [-0.05, 0) is 26.8 Å². The van der Waals surface area contributed by atoms with Gasteiger partial charge in [-0.2, -0.15) is 0 Å². The zero-order chi connectivity index (χ0) is 12.8. The Morgan fingerprint density at radius 3 is 2.44 bits per heavy atom. The van der Waals surface area contributed by atoms with E-state index in [9.17, 15) is 9.59 Å². The average Bonchev–Trinajstić information content (AvgIpc) is 2.08. The fourth-order valence-corrected chi connectivity index (χ4v) is 0.856. The van der Waals surface area contributed by atoms with E-state index < -0.39 is 11.8 Å². The Kier molecular flexibility index (Phi) is 5.29. The summed E-state index contributed by atoms with van der Waals surface area (Å²) in [5.74, 6) is -1.33. The highest BCUT2D eigenvalue weighted by atomic mass is 16.5. The van der Waals surface area contributed by atoms with Crippen molar-refractivity contribution in [1.29, 1.82) is 0 Å². The second kappa shape index (κ2) is 5.95. The Bertz CT molecular complexity index is 314. The predicted molar refractivity (Wildman–Crippen MR) is 61.3 cm³/mol. The molecular weight excluding hydrogens is 208 g/mol. The molecule has 0 radical (unpaired) electrons. The molecule has 0 rings (SSSR count). The van der Waals surface area contributed by atoms with Crippen LogP contribution in [-0.2, 0) is 14.3 Å². The average molecular weight is 226 g/mol. The Labute approximate surface area is 95.3 Å². The third kappa shape index (κ3) is 7.61. The van der Waals surface area contributed by atoms with Crippen LogP contribution in [0.4, 0.5) is 0 Å². The van der Waals surface area contributed by atoms with Crippen LogP contribution in [0.5, 0.6) is 0 Å². The van der Waals surface area contributed by atoms with Gasteiger partial charge in [0.05, 0.1) is 0 Å². The van der Waals surface area contributed by atoms with Gasteiger partial charge < -0.3 is 15.8 Å². The zero-order valence-corrected chi connectivity index (χ0v) is 9.87. The molecule has 0 fully saturated rings. The van der Waals surface area contributed by atoms with Gasteiger partial charge in [0.1, 0.15) is 11.4 Å². The zero-order valence-electron chi connectivity index (χ0n) is 9.87. The van der Waals surface area contributed by atoms with Crippen molar-refractivity contribution in [2.24, 2.45) is 5.73 Å². The SMILES string of the molecule is C=C(/C=C/CNC(=O)C(N)=O)OC(C)(C)C. The minimum absolute atomic E-state index is 0.203. The van der Waals surface area contributed by atoms with E-state index in [0.717, 1.165) is 0 Å². The van der Waals surface area contributed by atoms with Gasteiger partial charge in [0.15, 0.2) is 0 Å². The molecule has 5 heteroatoms. The molecule has 0 heterocycles. The fourth-order valence-electron chi connectivity index (χ4n) is 0.856. The first-order valence-electron chi connectivity index (χ1n) is 4.84. The predicted octanol–water partition coefficient (Wildman–Crippen LogP) is 0.473. The molecule has 0 aliphatic rings. The van der Waals surface area contributed by atoms with Crippen molar-refractivity contribution in [3.05, 3.63) is 24.5 Å². The topological polar surface area (TPSA) is 81.4 Å². The van der Waals surface area contributed by atoms with Crippen LogP contribution in [-0.4, -0.2) is 24.0 Å². The molecule has 5 nitrogen and oxygen atoms in total. The number of primary amides is 1. The lowest BCUT2D eigenvalue weighted by Gasteiger charge is -2.21. The van der Waals surface area contributed by atoms with Gasteiger partial charge >= 0.3 is 11.8 Å². The number of rotatable bonds is 4. The fraction of sp³-hybridized carbons (Fsp3) is 0.455. The normalized spacial score (nSPS) is 11.2. The number of ether oxygens (including phenoxy) is 1. The quantitative estimate of drug-likeness (QED) is 0.415. The van der Waals surface area contributed by atoms with Crippen LogP contribution in [0.2, 0.25) is 0 Å². The van der Waals surface area contributed by atoms with E-state index in [2.05, 4.69) is 11.9 Å². The number of carbonyl (C=O) groups is 2. The smallest absolute Gasteiger partial charge is 0.309 e. The molecule has 0 aromatic rings. The van der Waals surface area contributed by atoms with Gasteiger partial charge in [0.25, 0.3) is 0 Å². The van der Waals surface area contributed by atoms with E-state index in [1.54, 1.807) is 12.2 Å². The van der Waals surface area contributed by atoms with Gasteiger partial charge in [0, 0.05) is 6.54 Å². The number of nitrogens with one attached hydrogen (secondary N) is 1. The van der Waals surface area contributed by atoms with Crippen LogP contribution in [0.25, 0.3) is 0 Å². The molecule has 0 bridgehead atoms. The van der Waals surface area contributed by atoms with Gasteiger partial charge in [-0.1, -0.05) is 12.7 Å². The summed E-state index contributed by atoms with van der Waals surface area (Å²) in [7, 11) is 0. The Balaban J connectivity index is 3.90. The molecule has 0 saturated heterocycles. The Morgan fingerprint density at radius 2 is 2.00 bits per heavy atom. The van der Waals surface area contributed by atoms with Gasteiger partial charge in [-0.3, -0.25) is 9.59 Å². The molecule has 2 amide bonds. The third-order valence-corrected chi connectivity index (χ3v) is 1.35. The number of nitrogens with two attached hydrogens (primary N) is 1. The minimum Gasteiger partial charge on any atom is -0.489 e. The van der Waals surface area contributed by atoms with Crippen LogP contribution in [0.3, 0.4) is 0 Å². The Hall–Kier alpha value is -1.78. The second-order valence-corrected chi connectivity index (χ2v) is 4.16. The van der Waals surface area contributed by atoms with Gasteiger partial charge in [-0.15, -0.1) is 0 Å². The molecule has 90 valence electrons. The lowest BCUT2D eigenvalue weighted by Crippen LogP contribution is -2.35. The number of hydrogen-bond donors (Lipinski definition) is 2. The molecule has 0 aromatic heterocycles. The largest absolute Gasteiger partial charge is 0.489 e. The first-order chi connectivity index (χ1) is 7.22. The standard InChI is InChI=1S/C11H18N2O3/c1-8(16-11(2,3)4)6-5-7-13-10(15)9(12)14/h5-6H,1,7H2,2-4H3,(H2,12,14)(H,13,15)/b6-5+. The van der Waals surface area contributed by atoms with E-state index in [1.165, 1.54) is 0 Å². The first-order valence-corrected chi connectivity index (χ1v) is 4.84. The molecular formula is C11H18N2O3. The molecule has 0 unspecified atom stereocenters. The lowest BCUT2D eigenvalue weighted by molar-refractivity contribution is -0.137. The highest BCUT2D eigenvalue weighted by Crippen LogP contribution is 2.12. The maximum Gasteiger partial charge on any atom is 0.309 e. The van der Waals surface area contributed by atoms with Gasteiger partial charge in [-0.25, -0.2) is 0 Å². The van der Waals surface area contributed by atoms with Crippen molar-refractivity contribution in [2.45, 2.75) is 26.4 Å². The molecule has 0 spiro atoms. The molecule has 0 aromatic carbocycles. The van der Waals surface area contributed by atoms with Crippen molar-refractivity contribution in [1.82, 2.24) is 5.32 Å². The monoisotopic (exact) mass is 226 g/mol. The van der Waals surface area contributed by atoms with E-state index >= 15 is 0 Å². The summed E-state index contributed by atoms with van der Waals surface area (Å²) in [5.41, 5.74) is 4.44. The first kappa shape index (κ1) is 14.2. The van der Waals surface area contributed by atoms with E-state index in [-0.39, 0.29) is 12.1 Å². The van der Waals surface area contributed by atoms with Crippen molar-refractivity contribution in [2.75, 3.05) is 6.54 Å². The molecule has 0 aliphatic heterocycles. The second-order valence-electron chi connectivity index (χ2n) is 4.16. The number of carbonyl (C=O) groups excluding carboxylic acids is 2. The summed E-state index contributed by atoms with van der Waals surface area (Å²) in [4.78, 5) is 21.1. The summed E-state index contributed by atoms with van der Waals surface area (Å²) in [6, 6.07) is 0. The number of amides is 2. The molecule has 3 N–H and O–H groups in total. The summed E-state index contributed by atoms with van der Waals surface area (Å²) >= 11 is 0. The highest BCUT2D eigenvalue weighted by molar-refractivity contribution is 6.34. The molecule has 16 heavy (non-hydrogen) atoms. The van der Waals surface area contributed by atoms with E-state index in [0.29, 0.717) is 5.76 Å². The molecule has 0 saturated carbocycles. The van der Waals surface area contributed by atoms with Crippen LogP contribution in [0, 0.1) is 0 Å². The minimum atomic E-state index is -1.00. The van der Waals surface area contributed by atoms with E-state index in [1.807, 2.05) is 20.8 Å². The Morgan fingerprint density at radius 1 is 1.44 bits per heavy atom. The van der Waals surface area contributed by atoms with Crippen LogP contribution >= 0.6 is 0 Å². The summed E-state index contributed by atoms with van der Waals surface area (Å²) in [6.07, 6.45) is 3.24. The molecule has 0 atom stereocenters. The van der Waals surface area contributed by atoms with Gasteiger partial charge in [0.2, 0.25) is 0 Å². The lowest BCUT2D eigenvalue weighted by atomic mass is 10.2. The summed E-state index contributed by atoms with van der Waals surface area (Å²) in [5, 5.41) is 2.30. The van der Waals surface area contributed by atoms with Crippen molar-refractivity contribution in [3.8, 4) is 0 Å². The number of hydrogen-bond acceptors (Lipinski definition) is 3.